The van der Waals surface area contributed by atoms with Gasteiger partial charge in [0.05, 0.1) is 0 Å². The zero-order chi connectivity index (χ0) is 12.1. The largest absolute Gasteiger partial charge is 0.314 e. The topological polar surface area (TPSA) is 28.2 Å². The van der Waals surface area contributed by atoms with Crippen molar-refractivity contribution >= 4 is 36.4 Å². The van der Waals surface area contributed by atoms with Gasteiger partial charge >= 0.3 is 0 Å². The third-order valence-electron chi connectivity index (χ3n) is 3.29. The average Bonchev–Trinajstić information content (AvgIpc) is 2.38. The molecule has 3 nitrogen and oxygen atoms in total. The molecule has 1 aliphatic rings. The number of aromatic nitrogens is 1. The van der Waals surface area contributed by atoms with E-state index in [2.05, 4.69) is 28.2 Å². The second-order valence-corrected chi connectivity index (χ2v) is 4.89. The first-order valence-electron chi connectivity index (χ1n) is 6.37. The first-order valence-corrected chi connectivity index (χ1v) is 6.75. The molecular weight excluding hydrogens is 305 g/mol. The van der Waals surface area contributed by atoms with E-state index in [4.69, 9.17) is 11.6 Å². The van der Waals surface area contributed by atoms with E-state index in [0.717, 1.165) is 26.2 Å². The standard InChI is InChI=1S/C13H20ClN3.2ClH/c1-2-3-12(17-8-6-15-7-9-17)11-4-5-13(14)16-10-11;;/h4-5,10,12,15H,2-3,6-9H2,1H3;2*1H/t12-;;/m1../s1. The van der Waals surface area contributed by atoms with Gasteiger partial charge in [0.15, 0.2) is 0 Å². The number of hydrogen-bond donors (Lipinski definition) is 1. The van der Waals surface area contributed by atoms with Crippen LogP contribution in [0.5, 0.6) is 0 Å². The zero-order valence-corrected chi connectivity index (χ0v) is 13.5. The molecule has 110 valence electrons. The number of pyridine rings is 1. The van der Waals surface area contributed by atoms with E-state index in [9.17, 15) is 0 Å². The maximum atomic E-state index is 5.84. The Bertz CT molecular complexity index is 339. The van der Waals surface area contributed by atoms with Crippen molar-refractivity contribution in [3.8, 4) is 0 Å². The number of halogens is 3. The van der Waals surface area contributed by atoms with Crippen LogP contribution in [-0.2, 0) is 0 Å². The lowest BCUT2D eigenvalue weighted by Gasteiger charge is -2.35. The van der Waals surface area contributed by atoms with Crippen molar-refractivity contribution in [3.05, 3.63) is 29.0 Å². The van der Waals surface area contributed by atoms with Crippen molar-refractivity contribution in [2.24, 2.45) is 0 Å². The van der Waals surface area contributed by atoms with Crippen LogP contribution < -0.4 is 5.32 Å². The average molecular weight is 327 g/mol. The molecule has 2 heterocycles. The summed E-state index contributed by atoms with van der Waals surface area (Å²) >= 11 is 5.84. The van der Waals surface area contributed by atoms with Crippen molar-refractivity contribution in [2.45, 2.75) is 25.8 Å². The minimum absolute atomic E-state index is 0. The predicted molar refractivity (Wildman–Crippen MR) is 85.8 cm³/mol. The van der Waals surface area contributed by atoms with Crippen molar-refractivity contribution in [1.29, 1.82) is 0 Å². The highest BCUT2D eigenvalue weighted by molar-refractivity contribution is 6.29. The van der Waals surface area contributed by atoms with E-state index < -0.39 is 0 Å². The minimum atomic E-state index is 0. The lowest BCUT2D eigenvalue weighted by molar-refractivity contribution is 0.164. The molecule has 6 heteroatoms. The van der Waals surface area contributed by atoms with Gasteiger partial charge in [-0.1, -0.05) is 31.0 Å². The monoisotopic (exact) mass is 325 g/mol. The van der Waals surface area contributed by atoms with Crippen LogP contribution in [0.4, 0.5) is 0 Å². The minimum Gasteiger partial charge on any atom is -0.314 e. The van der Waals surface area contributed by atoms with Crippen molar-refractivity contribution < 1.29 is 0 Å². The second kappa shape index (κ2) is 9.78. The molecule has 0 radical (unpaired) electrons. The number of piperazine rings is 1. The van der Waals surface area contributed by atoms with Gasteiger partial charge in [0.25, 0.3) is 0 Å². The summed E-state index contributed by atoms with van der Waals surface area (Å²) in [4.78, 5) is 6.75. The van der Waals surface area contributed by atoms with Gasteiger partial charge in [-0.25, -0.2) is 4.98 Å². The smallest absolute Gasteiger partial charge is 0.129 e. The Morgan fingerprint density at radius 2 is 2.00 bits per heavy atom. The van der Waals surface area contributed by atoms with Gasteiger partial charge in [-0.05, 0) is 18.1 Å². The van der Waals surface area contributed by atoms with Gasteiger partial charge in [0.2, 0.25) is 0 Å². The molecule has 1 fully saturated rings. The summed E-state index contributed by atoms with van der Waals surface area (Å²) in [6.07, 6.45) is 4.30. The Morgan fingerprint density at radius 3 is 2.53 bits per heavy atom. The summed E-state index contributed by atoms with van der Waals surface area (Å²) in [5, 5.41) is 3.97. The van der Waals surface area contributed by atoms with E-state index >= 15 is 0 Å². The van der Waals surface area contributed by atoms with Gasteiger partial charge in [0, 0.05) is 38.4 Å². The van der Waals surface area contributed by atoms with E-state index in [1.54, 1.807) is 0 Å². The number of nitrogens with zero attached hydrogens (tertiary/aromatic N) is 2. The summed E-state index contributed by atoms with van der Waals surface area (Å²) in [6, 6.07) is 4.49. The van der Waals surface area contributed by atoms with Crippen LogP contribution in [0.15, 0.2) is 18.3 Å². The van der Waals surface area contributed by atoms with Gasteiger partial charge in [-0.3, -0.25) is 4.90 Å². The number of rotatable bonds is 4. The highest BCUT2D eigenvalue weighted by Crippen LogP contribution is 2.26. The van der Waals surface area contributed by atoms with Crippen LogP contribution in [0, 0.1) is 0 Å². The zero-order valence-electron chi connectivity index (χ0n) is 11.1. The normalized spacial score (nSPS) is 17.2. The maximum Gasteiger partial charge on any atom is 0.129 e. The molecule has 0 bridgehead atoms. The Kier molecular flexibility index (Phi) is 9.75. The fourth-order valence-corrected chi connectivity index (χ4v) is 2.52. The first-order chi connectivity index (χ1) is 8.31. The maximum absolute atomic E-state index is 5.84. The van der Waals surface area contributed by atoms with Gasteiger partial charge in [-0.15, -0.1) is 24.8 Å². The molecule has 0 amide bonds. The molecule has 0 unspecified atom stereocenters. The van der Waals surface area contributed by atoms with Crippen molar-refractivity contribution in [1.82, 2.24) is 15.2 Å². The molecule has 1 aromatic rings. The molecule has 1 atom stereocenters. The fraction of sp³-hybridized carbons (Fsp3) is 0.615. The summed E-state index contributed by atoms with van der Waals surface area (Å²) in [5.74, 6) is 0. The molecule has 0 aromatic carbocycles. The molecule has 1 aromatic heterocycles. The number of nitrogens with one attached hydrogen (secondary N) is 1. The van der Waals surface area contributed by atoms with Crippen molar-refractivity contribution in [3.63, 3.8) is 0 Å². The third kappa shape index (κ3) is 5.44. The third-order valence-corrected chi connectivity index (χ3v) is 3.51. The highest BCUT2D eigenvalue weighted by atomic mass is 35.5. The molecule has 1 aliphatic heterocycles. The van der Waals surface area contributed by atoms with E-state index in [1.165, 1.54) is 18.4 Å². The Hall–Kier alpha value is -0.0600. The summed E-state index contributed by atoms with van der Waals surface area (Å²) in [5.41, 5.74) is 1.29. The van der Waals surface area contributed by atoms with Gasteiger partial charge in [0.1, 0.15) is 5.15 Å². The fourth-order valence-electron chi connectivity index (χ4n) is 2.41. The molecular formula is C13H22Cl3N3. The van der Waals surface area contributed by atoms with Crippen LogP contribution in [-0.4, -0.2) is 36.1 Å². The predicted octanol–water partition coefficient (Wildman–Crippen LogP) is 3.33. The first kappa shape index (κ1) is 18.9. The molecule has 19 heavy (non-hydrogen) atoms. The van der Waals surface area contributed by atoms with Gasteiger partial charge < -0.3 is 5.32 Å². The van der Waals surface area contributed by atoms with Crippen LogP contribution >= 0.6 is 36.4 Å². The number of hydrogen-bond acceptors (Lipinski definition) is 3. The lowest BCUT2D eigenvalue weighted by Crippen LogP contribution is -2.45. The summed E-state index contributed by atoms with van der Waals surface area (Å²) < 4.78 is 0. The van der Waals surface area contributed by atoms with E-state index in [-0.39, 0.29) is 24.8 Å². The van der Waals surface area contributed by atoms with Crippen LogP contribution in [0.25, 0.3) is 0 Å². The van der Waals surface area contributed by atoms with Crippen molar-refractivity contribution in [2.75, 3.05) is 26.2 Å². The molecule has 1 N–H and O–H groups in total. The van der Waals surface area contributed by atoms with Gasteiger partial charge in [-0.2, -0.15) is 0 Å². The van der Waals surface area contributed by atoms with E-state index in [1.807, 2.05) is 12.3 Å². The quantitative estimate of drug-likeness (QED) is 0.860. The lowest BCUT2D eigenvalue weighted by atomic mass is 10.0. The Morgan fingerprint density at radius 1 is 1.32 bits per heavy atom. The SMILES string of the molecule is CCC[C@H](c1ccc(Cl)nc1)N1CCNCC1.Cl.Cl. The van der Waals surface area contributed by atoms with Crippen LogP contribution in [0.1, 0.15) is 31.4 Å². The molecule has 2 rings (SSSR count). The molecule has 0 saturated carbocycles. The Labute approximate surface area is 132 Å². The molecule has 1 saturated heterocycles. The van der Waals surface area contributed by atoms with Crippen LogP contribution in [0.3, 0.4) is 0 Å². The Balaban J connectivity index is 0.00000162. The molecule has 0 spiro atoms. The molecule has 0 aliphatic carbocycles. The summed E-state index contributed by atoms with van der Waals surface area (Å²) in [7, 11) is 0. The van der Waals surface area contributed by atoms with Crippen LogP contribution in [0.2, 0.25) is 5.15 Å². The second-order valence-electron chi connectivity index (χ2n) is 4.50. The highest BCUT2D eigenvalue weighted by Gasteiger charge is 2.21. The summed E-state index contributed by atoms with van der Waals surface area (Å²) in [6.45, 7) is 6.64. The van der Waals surface area contributed by atoms with E-state index in [0.29, 0.717) is 11.2 Å².